The van der Waals surface area contributed by atoms with Crippen molar-refractivity contribution < 1.29 is 4.74 Å². The van der Waals surface area contributed by atoms with E-state index in [1.807, 2.05) is 0 Å². The van der Waals surface area contributed by atoms with Gasteiger partial charge in [0.15, 0.2) is 0 Å². The number of benzene rings is 1. The minimum absolute atomic E-state index is 0.470. The van der Waals surface area contributed by atoms with Crippen LogP contribution in [0.3, 0.4) is 0 Å². The zero-order valence-electron chi connectivity index (χ0n) is 13.4. The second-order valence-corrected chi connectivity index (χ2v) is 6.64. The summed E-state index contributed by atoms with van der Waals surface area (Å²) in [7, 11) is 0. The van der Waals surface area contributed by atoms with Gasteiger partial charge < -0.3 is 10.1 Å². The van der Waals surface area contributed by atoms with Crippen LogP contribution < -0.4 is 5.32 Å². The van der Waals surface area contributed by atoms with Crippen molar-refractivity contribution in [2.45, 2.75) is 57.9 Å². The Morgan fingerprint density at radius 1 is 1.19 bits per heavy atom. The van der Waals surface area contributed by atoms with Crippen LogP contribution in [0.15, 0.2) is 18.2 Å². The number of hydrogen-bond acceptors (Lipinski definition) is 2. The molecule has 0 bridgehead atoms. The Morgan fingerprint density at radius 2 is 2.05 bits per heavy atom. The molecule has 3 rings (SSSR count). The summed E-state index contributed by atoms with van der Waals surface area (Å²) in [4.78, 5) is 0. The van der Waals surface area contributed by atoms with Crippen LogP contribution in [0.25, 0.3) is 0 Å². The Morgan fingerprint density at radius 3 is 2.81 bits per heavy atom. The Labute approximate surface area is 129 Å². The smallest absolute Gasteiger partial charge is 0.0512 e. The average molecular weight is 287 g/mol. The normalized spacial score (nSPS) is 23.6. The molecule has 0 radical (unpaired) electrons. The molecule has 2 atom stereocenters. The van der Waals surface area contributed by atoms with Crippen LogP contribution in [0.4, 0.5) is 0 Å². The van der Waals surface area contributed by atoms with Crippen molar-refractivity contribution in [1.29, 1.82) is 0 Å². The highest BCUT2D eigenvalue weighted by molar-refractivity contribution is 5.35. The zero-order valence-corrected chi connectivity index (χ0v) is 13.4. The SMILES string of the molecule is CCCNC(c1ccc2c(c1)CCCC2)C1CCCOC1. The molecule has 2 nitrogen and oxygen atoms in total. The van der Waals surface area contributed by atoms with Crippen molar-refractivity contribution in [3.63, 3.8) is 0 Å². The monoisotopic (exact) mass is 287 g/mol. The Balaban J connectivity index is 1.80. The number of fused-ring (bicyclic) bond motifs is 1. The summed E-state index contributed by atoms with van der Waals surface area (Å²) in [6.07, 6.45) is 8.95. The van der Waals surface area contributed by atoms with Crippen molar-refractivity contribution in [1.82, 2.24) is 5.32 Å². The van der Waals surface area contributed by atoms with E-state index in [2.05, 4.69) is 30.4 Å². The highest BCUT2D eigenvalue weighted by atomic mass is 16.5. The molecule has 1 heterocycles. The van der Waals surface area contributed by atoms with E-state index in [0.717, 1.165) is 19.8 Å². The van der Waals surface area contributed by atoms with E-state index in [4.69, 9.17) is 4.74 Å². The number of hydrogen-bond donors (Lipinski definition) is 1. The van der Waals surface area contributed by atoms with Gasteiger partial charge in [-0.1, -0.05) is 25.1 Å². The molecule has 1 aromatic carbocycles. The van der Waals surface area contributed by atoms with Crippen LogP contribution in [0, 0.1) is 5.92 Å². The van der Waals surface area contributed by atoms with Crippen LogP contribution in [-0.2, 0) is 17.6 Å². The van der Waals surface area contributed by atoms with Gasteiger partial charge in [-0.15, -0.1) is 0 Å². The van der Waals surface area contributed by atoms with Crippen LogP contribution in [0.2, 0.25) is 0 Å². The maximum absolute atomic E-state index is 5.74. The highest BCUT2D eigenvalue weighted by Gasteiger charge is 2.25. The van der Waals surface area contributed by atoms with E-state index in [1.54, 1.807) is 11.1 Å². The molecule has 2 unspecified atom stereocenters. The molecule has 0 aromatic heterocycles. The van der Waals surface area contributed by atoms with E-state index < -0.39 is 0 Å². The minimum Gasteiger partial charge on any atom is -0.381 e. The van der Waals surface area contributed by atoms with E-state index in [9.17, 15) is 0 Å². The molecular weight excluding hydrogens is 258 g/mol. The van der Waals surface area contributed by atoms with Gasteiger partial charge in [0.1, 0.15) is 0 Å². The quantitative estimate of drug-likeness (QED) is 0.882. The van der Waals surface area contributed by atoms with Gasteiger partial charge in [0.2, 0.25) is 0 Å². The largest absolute Gasteiger partial charge is 0.381 e. The predicted octanol–water partition coefficient (Wildman–Crippen LogP) is 4.03. The molecule has 1 aliphatic heterocycles. The third-order valence-electron chi connectivity index (χ3n) is 5.01. The van der Waals surface area contributed by atoms with Crippen LogP contribution in [0.1, 0.15) is 61.8 Å². The van der Waals surface area contributed by atoms with Crippen LogP contribution >= 0.6 is 0 Å². The number of aryl methyl sites for hydroxylation is 2. The van der Waals surface area contributed by atoms with Crippen LogP contribution in [-0.4, -0.2) is 19.8 Å². The molecular formula is C19H29NO. The lowest BCUT2D eigenvalue weighted by Gasteiger charge is -2.32. The Bertz CT molecular complexity index is 451. The molecule has 2 aliphatic rings. The molecule has 1 saturated heterocycles. The molecule has 116 valence electrons. The van der Waals surface area contributed by atoms with Gasteiger partial charge in [-0.25, -0.2) is 0 Å². The molecule has 1 fully saturated rings. The Kier molecular flexibility index (Phi) is 5.32. The number of rotatable bonds is 5. The second kappa shape index (κ2) is 7.42. The lowest BCUT2D eigenvalue weighted by Crippen LogP contribution is -2.34. The number of nitrogens with one attached hydrogen (secondary N) is 1. The lowest BCUT2D eigenvalue weighted by atomic mass is 9.84. The summed E-state index contributed by atoms with van der Waals surface area (Å²) in [6, 6.07) is 7.70. The van der Waals surface area contributed by atoms with Crippen LogP contribution in [0.5, 0.6) is 0 Å². The minimum atomic E-state index is 0.470. The van der Waals surface area contributed by atoms with E-state index in [0.29, 0.717) is 12.0 Å². The summed E-state index contributed by atoms with van der Waals surface area (Å²) in [6.45, 7) is 5.20. The predicted molar refractivity (Wildman–Crippen MR) is 87.7 cm³/mol. The topological polar surface area (TPSA) is 21.3 Å². The fourth-order valence-electron chi connectivity index (χ4n) is 3.83. The molecule has 0 amide bonds. The Hall–Kier alpha value is -0.860. The fourth-order valence-corrected chi connectivity index (χ4v) is 3.83. The van der Waals surface area contributed by atoms with Crippen molar-refractivity contribution in [2.24, 2.45) is 5.92 Å². The molecule has 2 heteroatoms. The highest BCUT2D eigenvalue weighted by Crippen LogP contribution is 2.31. The molecule has 1 N–H and O–H groups in total. The molecule has 1 aliphatic carbocycles. The maximum Gasteiger partial charge on any atom is 0.0512 e. The van der Waals surface area contributed by atoms with Gasteiger partial charge in [0.25, 0.3) is 0 Å². The van der Waals surface area contributed by atoms with E-state index in [1.165, 1.54) is 50.5 Å². The van der Waals surface area contributed by atoms with Crippen molar-refractivity contribution in [3.05, 3.63) is 34.9 Å². The van der Waals surface area contributed by atoms with Gasteiger partial charge in [0.05, 0.1) is 6.61 Å². The summed E-state index contributed by atoms with van der Waals surface area (Å²) >= 11 is 0. The first-order chi connectivity index (χ1) is 10.4. The molecule has 0 spiro atoms. The summed E-state index contributed by atoms with van der Waals surface area (Å²) in [5, 5.41) is 3.78. The zero-order chi connectivity index (χ0) is 14.5. The standard InChI is InChI=1S/C19H29NO/c1-2-11-20-19(18-8-5-12-21-14-18)17-10-9-15-6-3-4-7-16(15)13-17/h9-10,13,18-20H,2-8,11-12,14H2,1H3. The van der Waals surface area contributed by atoms with E-state index >= 15 is 0 Å². The molecule has 21 heavy (non-hydrogen) atoms. The molecule has 0 saturated carbocycles. The van der Waals surface area contributed by atoms with Crippen molar-refractivity contribution in [3.8, 4) is 0 Å². The van der Waals surface area contributed by atoms with E-state index in [-0.39, 0.29) is 0 Å². The van der Waals surface area contributed by atoms with Gasteiger partial charge in [-0.3, -0.25) is 0 Å². The third-order valence-corrected chi connectivity index (χ3v) is 5.01. The average Bonchev–Trinajstić information content (AvgIpc) is 2.56. The maximum atomic E-state index is 5.74. The first-order valence-electron chi connectivity index (χ1n) is 8.81. The summed E-state index contributed by atoms with van der Waals surface area (Å²) in [5.41, 5.74) is 4.66. The molecule has 1 aromatic rings. The van der Waals surface area contributed by atoms with Gasteiger partial charge in [-0.2, -0.15) is 0 Å². The van der Waals surface area contributed by atoms with Gasteiger partial charge in [-0.05, 0) is 68.2 Å². The first kappa shape index (κ1) is 15.1. The lowest BCUT2D eigenvalue weighted by molar-refractivity contribution is 0.0390. The third kappa shape index (κ3) is 3.67. The van der Waals surface area contributed by atoms with Crippen molar-refractivity contribution >= 4 is 0 Å². The number of ether oxygens (including phenoxy) is 1. The second-order valence-electron chi connectivity index (χ2n) is 6.64. The summed E-state index contributed by atoms with van der Waals surface area (Å²) in [5.74, 6) is 0.631. The first-order valence-corrected chi connectivity index (χ1v) is 8.81. The fraction of sp³-hybridized carbons (Fsp3) is 0.684. The van der Waals surface area contributed by atoms with Gasteiger partial charge >= 0.3 is 0 Å². The van der Waals surface area contributed by atoms with Gasteiger partial charge in [0, 0.05) is 18.6 Å². The summed E-state index contributed by atoms with van der Waals surface area (Å²) < 4.78 is 5.74. The van der Waals surface area contributed by atoms with Crippen molar-refractivity contribution in [2.75, 3.05) is 19.8 Å².